The van der Waals surface area contributed by atoms with Crippen LogP contribution in [0.1, 0.15) is 13.3 Å². The second-order valence-corrected chi connectivity index (χ2v) is 3.21. The highest BCUT2D eigenvalue weighted by atomic mass is 15.2. The van der Waals surface area contributed by atoms with Crippen LogP contribution in [0.5, 0.6) is 0 Å². The zero-order valence-electron chi connectivity index (χ0n) is 7.34. The normalized spacial score (nSPS) is 23.5. The molecule has 0 aromatic rings. The summed E-state index contributed by atoms with van der Waals surface area (Å²) in [5, 5.41) is 3.34. The number of piperazine rings is 1. The van der Waals surface area contributed by atoms with Crippen LogP contribution >= 0.6 is 0 Å². The van der Waals surface area contributed by atoms with Crippen LogP contribution in [0.15, 0.2) is 0 Å². The zero-order valence-corrected chi connectivity index (χ0v) is 7.34. The van der Waals surface area contributed by atoms with Crippen molar-refractivity contribution in [3.05, 3.63) is 0 Å². The molecule has 3 heteroatoms. The second-order valence-electron chi connectivity index (χ2n) is 3.21. The largest absolute Gasteiger partial charge is 0.330 e. The molecule has 1 atom stereocenters. The van der Waals surface area contributed by atoms with Crippen molar-refractivity contribution in [1.82, 2.24) is 10.2 Å². The molecule has 1 heterocycles. The van der Waals surface area contributed by atoms with Gasteiger partial charge in [-0.25, -0.2) is 0 Å². The van der Waals surface area contributed by atoms with E-state index in [0.29, 0.717) is 6.04 Å². The predicted octanol–water partition coefficient (Wildman–Crippen LogP) is -0.371. The molecule has 11 heavy (non-hydrogen) atoms. The highest BCUT2D eigenvalue weighted by molar-refractivity contribution is 4.73. The van der Waals surface area contributed by atoms with E-state index in [-0.39, 0.29) is 0 Å². The van der Waals surface area contributed by atoms with Gasteiger partial charge in [-0.3, -0.25) is 4.90 Å². The van der Waals surface area contributed by atoms with Gasteiger partial charge in [0.1, 0.15) is 0 Å². The molecule has 0 aliphatic carbocycles. The van der Waals surface area contributed by atoms with Crippen LogP contribution in [0, 0.1) is 0 Å². The fourth-order valence-electron chi connectivity index (χ4n) is 1.55. The smallest absolute Gasteiger partial charge is 0.0110 e. The first-order chi connectivity index (χ1) is 5.34. The molecule has 0 saturated carbocycles. The van der Waals surface area contributed by atoms with E-state index < -0.39 is 0 Å². The van der Waals surface area contributed by atoms with Gasteiger partial charge in [-0.15, -0.1) is 0 Å². The van der Waals surface area contributed by atoms with E-state index in [1.54, 1.807) is 0 Å². The van der Waals surface area contributed by atoms with Crippen LogP contribution in [0.2, 0.25) is 0 Å². The molecule has 0 spiro atoms. The van der Waals surface area contributed by atoms with Crippen LogP contribution < -0.4 is 11.1 Å². The molecule has 1 fully saturated rings. The molecular weight excluding hydrogens is 138 g/mol. The summed E-state index contributed by atoms with van der Waals surface area (Å²) in [5.41, 5.74) is 5.49. The van der Waals surface area contributed by atoms with Crippen molar-refractivity contribution in [2.24, 2.45) is 5.73 Å². The summed E-state index contributed by atoms with van der Waals surface area (Å²) in [7, 11) is 0. The van der Waals surface area contributed by atoms with Gasteiger partial charge >= 0.3 is 0 Å². The zero-order chi connectivity index (χ0) is 8.10. The lowest BCUT2D eigenvalue weighted by molar-refractivity contribution is 0.178. The lowest BCUT2D eigenvalue weighted by atomic mass is 10.2. The van der Waals surface area contributed by atoms with E-state index >= 15 is 0 Å². The van der Waals surface area contributed by atoms with Crippen molar-refractivity contribution in [3.8, 4) is 0 Å². The summed E-state index contributed by atoms with van der Waals surface area (Å²) in [6.07, 6.45) is 1.12. The Hall–Kier alpha value is -0.120. The lowest BCUT2D eigenvalue weighted by Crippen LogP contribution is -2.47. The molecule has 1 saturated heterocycles. The Labute approximate surface area is 68.9 Å². The molecule has 1 aliphatic heterocycles. The van der Waals surface area contributed by atoms with Crippen LogP contribution in [-0.4, -0.2) is 43.7 Å². The topological polar surface area (TPSA) is 41.3 Å². The second kappa shape index (κ2) is 4.70. The highest BCUT2D eigenvalue weighted by Crippen LogP contribution is 2.03. The highest BCUT2D eigenvalue weighted by Gasteiger charge is 2.14. The quantitative estimate of drug-likeness (QED) is 0.587. The van der Waals surface area contributed by atoms with Gasteiger partial charge in [0.05, 0.1) is 0 Å². The maximum absolute atomic E-state index is 5.49. The van der Waals surface area contributed by atoms with Crippen LogP contribution in [0.3, 0.4) is 0 Å². The minimum absolute atomic E-state index is 0.669. The molecule has 1 unspecified atom stereocenters. The summed E-state index contributed by atoms with van der Waals surface area (Å²) in [6.45, 7) is 7.70. The number of hydrogen-bond donors (Lipinski definition) is 2. The van der Waals surface area contributed by atoms with Crippen molar-refractivity contribution in [2.75, 3.05) is 32.7 Å². The van der Waals surface area contributed by atoms with Gasteiger partial charge in [0.15, 0.2) is 0 Å². The maximum atomic E-state index is 5.49. The number of nitrogens with one attached hydrogen (secondary N) is 1. The van der Waals surface area contributed by atoms with Crippen molar-refractivity contribution in [2.45, 2.75) is 19.4 Å². The average Bonchev–Trinajstić information content (AvgIpc) is 2.07. The molecule has 0 bridgehead atoms. The van der Waals surface area contributed by atoms with E-state index in [0.717, 1.165) is 26.1 Å². The Morgan fingerprint density at radius 3 is 2.64 bits per heavy atom. The SMILES string of the molecule is CC(CCN)N1CCNCC1. The van der Waals surface area contributed by atoms with E-state index in [4.69, 9.17) is 5.73 Å². The summed E-state index contributed by atoms with van der Waals surface area (Å²) in [5.74, 6) is 0. The summed E-state index contributed by atoms with van der Waals surface area (Å²) in [4.78, 5) is 2.50. The Bertz CT molecular complexity index is 99.5. The minimum Gasteiger partial charge on any atom is -0.330 e. The molecule has 3 N–H and O–H groups in total. The van der Waals surface area contributed by atoms with Crippen molar-refractivity contribution in [3.63, 3.8) is 0 Å². The molecule has 3 nitrogen and oxygen atoms in total. The van der Waals surface area contributed by atoms with Gasteiger partial charge in [-0.1, -0.05) is 0 Å². The molecule has 0 aromatic heterocycles. The molecular formula is C8H19N3. The molecule has 66 valence electrons. The molecule has 0 aromatic carbocycles. The fourth-order valence-corrected chi connectivity index (χ4v) is 1.55. The third-order valence-electron chi connectivity index (χ3n) is 2.36. The number of rotatable bonds is 3. The first kappa shape index (κ1) is 8.97. The van der Waals surface area contributed by atoms with Crippen LogP contribution in [-0.2, 0) is 0 Å². The van der Waals surface area contributed by atoms with Crippen molar-refractivity contribution >= 4 is 0 Å². The molecule has 0 amide bonds. The Balaban J connectivity index is 2.21. The van der Waals surface area contributed by atoms with E-state index in [2.05, 4.69) is 17.1 Å². The van der Waals surface area contributed by atoms with Gasteiger partial charge in [-0.2, -0.15) is 0 Å². The van der Waals surface area contributed by atoms with Gasteiger partial charge in [-0.05, 0) is 19.9 Å². The minimum atomic E-state index is 0.669. The third kappa shape index (κ3) is 2.77. The maximum Gasteiger partial charge on any atom is 0.0110 e. The van der Waals surface area contributed by atoms with E-state index in [1.165, 1.54) is 13.1 Å². The monoisotopic (exact) mass is 157 g/mol. The number of nitrogens with zero attached hydrogens (tertiary/aromatic N) is 1. The first-order valence-corrected chi connectivity index (χ1v) is 4.49. The average molecular weight is 157 g/mol. The van der Waals surface area contributed by atoms with Gasteiger partial charge in [0.2, 0.25) is 0 Å². The molecule has 1 rings (SSSR count). The summed E-state index contributed by atoms with van der Waals surface area (Å²) in [6, 6.07) is 0.669. The van der Waals surface area contributed by atoms with Gasteiger partial charge in [0, 0.05) is 32.2 Å². The Kier molecular flexibility index (Phi) is 3.83. The van der Waals surface area contributed by atoms with Gasteiger partial charge < -0.3 is 11.1 Å². The Morgan fingerprint density at radius 1 is 1.45 bits per heavy atom. The van der Waals surface area contributed by atoms with E-state index in [9.17, 15) is 0 Å². The number of hydrogen-bond acceptors (Lipinski definition) is 3. The third-order valence-corrected chi connectivity index (χ3v) is 2.36. The first-order valence-electron chi connectivity index (χ1n) is 4.49. The molecule has 1 aliphatic rings. The Morgan fingerprint density at radius 2 is 2.09 bits per heavy atom. The fraction of sp³-hybridized carbons (Fsp3) is 1.00. The summed E-state index contributed by atoms with van der Waals surface area (Å²) < 4.78 is 0. The van der Waals surface area contributed by atoms with E-state index in [1.807, 2.05) is 0 Å². The molecule has 0 radical (unpaired) electrons. The standard InChI is InChI=1S/C8H19N3/c1-8(2-3-9)11-6-4-10-5-7-11/h8,10H,2-7,9H2,1H3. The van der Waals surface area contributed by atoms with Crippen LogP contribution in [0.4, 0.5) is 0 Å². The predicted molar refractivity (Wildman–Crippen MR) is 47.6 cm³/mol. The summed E-state index contributed by atoms with van der Waals surface area (Å²) >= 11 is 0. The van der Waals surface area contributed by atoms with Crippen molar-refractivity contribution in [1.29, 1.82) is 0 Å². The van der Waals surface area contributed by atoms with Crippen LogP contribution in [0.25, 0.3) is 0 Å². The van der Waals surface area contributed by atoms with Gasteiger partial charge in [0.25, 0.3) is 0 Å². The van der Waals surface area contributed by atoms with Crippen molar-refractivity contribution < 1.29 is 0 Å². The lowest BCUT2D eigenvalue weighted by Gasteiger charge is -2.32. The number of nitrogens with two attached hydrogens (primary N) is 1.